The maximum Gasteiger partial charge on any atom is 0.417 e. The van der Waals surface area contributed by atoms with E-state index in [-0.39, 0.29) is 16.9 Å². The van der Waals surface area contributed by atoms with Crippen molar-refractivity contribution in [3.63, 3.8) is 0 Å². The van der Waals surface area contributed by atoms with E-state index < -0.39 is 23.3 Å². The first kappa shape index (κ1) is 14.6. The van der Waals surface area contributed by atoms with E-state index in [1.165, 1.54) is 13.2 Å². The molecular formula is C11H9F3O3S. The SMILES string of the molecule is COC(=O)CSc1ccc(C=O)c(C(F)(F)F)c1. The maximum atomic E-state index is 12.6. The summed E-state index contributed by atoms with van der Waals surface area (Å²) in [5.74, 6) is -0.623. The summed E-state index contributed by atoms with van der Waals surface area (Å²) < 4.78 is 42.2. The van der Waals surface area contributed by atoms with Gasteiger partial charge in [-0.05, 0) is 18.2 Å². The van der Waals surface area contributed by atoms with Crippen LogP contribution in [0.4, 0.5) is 13.2 Å². The number of benzene rings is 1. The molecule has 1 aromatic rings. The minimum atomic E-state index is -4.60. The molecule has 0 unspecified atom stereocenters. The molecule has 0 aromatic heterocycles. The van der Waals surface area contributed by atoms with Gasteiger partial charge in [0.25, 0.3) is 0 Å². The lowest BCUT2D eigenvalue weighted by Gasteiger charge is -2.10. The van der Waals surface area contributed by atoms with Crippen molar-refractivity contribution < 1.29 is 27.5 Å². The molecule has 7 heteroatoms. The molecule has 0 radical (unpaired) electrons. The molecule has 98 valence electrons. The summed E-state index contributed by atoms with van der Waals surface area (Å²) in [5, 5.41) is 0. The van der Waals surface area contributed by atoms with E-state index in [2.05, 4.69) is 4.74 Å². The second-order valence-corrected chi connectivity index (χ2v) is 4.28. The summed E-state index contributed by atoms with van der Waals surface area (Å²) in [6, 6.07) is 3.28. The maximum absolute atomic E-state index is 12.6. The molecule has 0 aliphatic heterocycles. The van der Waals surface area contributed by atoms with Gasteiger partial charge in [-0.2, -0.15) is 13.2 Å². The Morgan fingerprint density at radius 2 is 2.11 bits per heavy atom. The lowest BCUT2D eigenvalue weighted by atomic mass is 10.1. The average molecular weight is 278 g/mol. The first-order valence-corrected chi connectivity index (χ1v) is 5.73. The molecule has 0 amide bonds. The van der Waals surface area contributed by atoms with Gasteiger partial charge in [0.2, 0.25) is 0 Å². The van der Waals surface area contributed by atoms with Gasteiger partial charge < -0.3 is 4.74 Å². The number of thioether (sulfide) groups is 1. The van der Waals surface area contributed by atoms with Gasteiger partial charge in [-0.15, -0.1) is 11.8 Å². The molecule has 1 rings (SSSR count). The number of ether oxygens (including phenoxy) is 1. The van der Waals surface area contributed by atoms with Crippen LogP contribution in [0, 0.1) is 0 Å². The summed E-state index contributed by atoms with van der Waals surface area (Å²) in [5.41, 5.74) is -1.43. The standard InChI is InChI=1S/C11H9F3O3S/c1-17-10(16)6-18-8-3-2-7(5-15)9(4-8)11(12,13)14/h2-5H,6H2,1H3. The molecule has 18 heavy (non-hydrogen) atoms. The fourth-order valence-corrected chi connectivity index (χ4v) is 1.94. The Kier molecular flexibility index (Phi) is 4.77. The number of carbonyl (C=O) groups excluding carboxylic acids is 2. The van der Waals surface area contributed by atoms with E-state index in [1.807, 2.05) is 0 Å². The van der Waals surface area contributed by atoms with Gasteiger partial charge >= 0.3 is 12.1 Å². The zero-order valence-corrected chi connectivity index (χ0v) is 10.1. The number of rotatable bonds is 4. The lowest BCUT2D eigenvalue weighted by molar-refractivity contribution is -0.138. The molecule has 0 bridgehead atoms. The van der Waals surface area contributed by atoms with E-state index in [0.717, 1.165) is 23.9 Å². The predicted molar refractivity (Wildman–Crippen MR) is 59.6 cm³/mol. The highest BCUT2D eigenvalue weighted by atomic mass is 32.2. The third-order valence-electron chi connectivity index (χ3n) is 2.04. The molecule has 0 atom stereocenters. The Morgan fingerprint density at radius 3 is 2.61 bits per heavy atom. The highest BCUT2D eigenvalue weighted by Crippen LogP contribution is 2.34. The molecule has 0 fully saturated rings. The van der Waals surface area contributed by atoms with E-state index >= 15 is 0 Å². The fourth-order valence-electron chi connectivity index (χ4n) is 1.17. The Labute approximate surface area is 105 Å². The van der Waals surface area contributed by atoms with Crippen LogP contribution in [0.2, 0.25) is 0 Å². The summed E-state index contributed by atoms with van der Waals surface area (Å²) >= 11 is 0.912. The van der Waals surface area contributed by atoms with Crippen LogP contribution >= 0.6 is 11.8 Å². The van der Waals surface area contributed by atoms with Gasteiger partial charge in [0.1, 0.15) is 0 Å². The highest BCUT2D eigenvalue weighted by Gasteiger charge is 2.33. The van der Waals surface area contributed by atoms with Crippen LogP contribution in [-0.2, 0) is 15.7 Å². The number of alkyl halides is 3. The Hall–Kier alpha value is -1.50. The molecule has 0 spiro atoms. The number of hydrogen-bond acceptors (Lipinski definition) is 4. The van der Waals surface area contributed by atoms with Gasteiger partial charge in [0.05, 0.1) is 18.4 Å². The van der Waals surface area contributed by atoms with E-state index in [1.54, 1.807) is 0 Å². The van der Waals surface area contributed by atoms with Crippen molar-refractivity contribution in [3.05, 3.63) is 29.3 Å². The van der Waals surface area contributed by atoms with Gasteiger partial charge in [0.15, 0.2) is 6.29 Å². The second-order valence-electron chi connectivity index (χ2n) is 3.23. The van der Waals surface area contributed by atoms with Crippen molar-refractivity contribution in [2.75, 3.05) is 12.9 Å². The van der Waals surface area contributed by atoms with Gasteiger partial charge in [-0.3, -0.25) is 9.59 Å². The van der Waals surface area contributed by atoms with E-state index in [0.29, 0.717) is 0 Å². The minimum absolute atomic E-state index is 0.0891. The van der Waals surface area contributed by atoms with Crippen molar-refractivity contribution in [3.8, 4) is 0 Å². The topological polar surface area (TPSA) is 43.4 Å². The highest BCUT2D eigenvalue weighted by molar-refractivity contribution is 8.00. The number of esters is 1. The van der Waals surface area contributed by atoms with Crippen LogP contribution < -0.4 is 0 Å². The summed E-state index contributed by atoms with van der Waals surface area (Å²) in [6.07, 6.45) is -4.45. The third kappa shape index (κ3) is 3.76. The second kappa shape index (κ2) is 5.90. The third-order valence-corrected chi connectivity index (χ3v) is 3.01. The number of hydrogen-bond donors (Lipinski definition) is 0. The summed E-state index contributed by atoms with van der Waals surface area (Å²) in [7, 11) is 1.19. The van der Waals surface area contributed by atoms with Crippen LogP contribution in [-0.4, -0.2) is 25.1 Å². The van der Waals surface area contributed by atoms with Crippen LogP contribution in [0.5, 0.6) is 0 Å². The Bertz CT molecular complexity index is 457. The lowest BCUT2D eigenvalue weighted by Crippen LogP contribution is -2.09. The zero-order chi connectivity index (χ0) is 13.8. The van der Waals surface area contributed by atoms with Crippen LogP contribution in [0.15, 0.2) is 23.1 Å². The fraction of sp³-hybridized carbons (Fsp3) is 0.273. The van der Waals surface area contributed by atoms with E-state index in [4.69, 9.17) is 0 Å². The molecule has 0 aliphatic carbocycles. The molecule has 0 aliphatic rings. The van der Waals surface area contributed by atoms with Crippen molar-refractivity contribution in [1.82, 2.24) is 0 Å². The normalized spacial score (nSPS) is 11.1. The molecule has 3 nitrogen and oxygen atoms in total. The first-order valence-electron chi connectivity index (χ1n) is 4.74. The molecule has 0 heterocycles. The van der Waals surface area contributed by atoms with Gasteiger partial charge in [-0.1, -0.05) is 0 Å². The predicted octanol–water partition coefficient (Wildman–Crippen LogP) is 2.78. The van der Waals surface area contributed by atoms with Crippen LogP contribution in [0.3, 0.4) is 0 Å². The number of halogens is 3. The number of methoxy groups -OCH3 is 1. The van der Waals surface area contributed by atoms with Crippen LogP contribution in [0.1, 0.15) is 15.9 Å². The minimum Gasteiger partial charge on any atom is -0.468 e. The Morgan fingerprint density at radius 1 is 1.44 bits per heavy atom. The molecular weight excluding hydrogens is 269 g/mol. The van der Waals surface area contributed by atoms with Crippen molar-refractivity contribution in [2.24, 2.45) is 0 Å². The monoisotopic (exact) mass is 278 g/mol. The summed E-state index contributed by atoms with van der Waals surface area (Å²) in [6.45, 7) is 0. The van der Waals surface area contributed by atoms with Gasteiger partial charge in [-0.25, -0.2) is 0 Å². The zero-order valence-electron chi connectivity index (χ0n) is 9.28. The largest absolute Gasteiger partial charge is 0.468 e. The molecule has 1 aromatic carbocycles. The van der Waals surface area contributed by atoms with Crippen molar-refractivity contribution in [1.29, 1.82) is 0 Å². The molecule has 0 N–H and O–H groups in total. The quantitative estimate of drug-likeness (QED) is 0.482. The van der Waals surface area contributed by atoms with Crippen LogP contribution in [0.25, 0.3) is 0 Å². The Balaban J connectivity index is 2.96. The number of carbonyl (C=O) groups is 2. The first-order chi connectivity index (χ1) is 8.38. The molecule has 0 saturated carbocycles. The summed E-state index contributed by atoms with van der Waals surface area (Å²) in [4.78, 5) is 21.6. The smallest absolute Gasteiger partial charge is 0.417 e. The van der Waals surface area contributed by atoms with Crippen molar-refractivity contribution in [2.45, 2.75) is 11.1 Å². The van der Waals surface area contributed by atoms with Crippen molar-refractivity contribution >= 4 is 24.0 Å². The van der Waals surface area contributed by atoms with E-state index in [9.17, 15) is 22.8 Å². The van der Waals surface area contributed by atoms with Gasteiger partial charge in [0, 0.05) is 10.5 Å². The number of aldehydes is 1. The molecule has 0 saturated heterocycles. The average Bonchev–Trinajstić information content (AvgIpc) is 2.34.